The zero-order valence-corrected chi connectivity index (χ0v) is 26.3. The van der Waals surface area contributed by atoms with Crippen LogP contribution >= 0.6 is 0 Å². The Morgan fingerprint density at radius 1 is 0.787 bits per heavy atom. The van der Waals surface area contributed by atoms with Crippen LogP contribution in [-0.4, -0.2) is 18.6 Å². The minimum absolute atomic E-state index is 0.0797. The summed E-state index contributed by atoms with van der Waals surface area (Å²) in [5.74, 6) is -0.549. The maximum absolute atomic E-state index is 14.1. The predicted molar refractivity (Wildman–Crippen MR) is 171 cm³/mol. The quantitative estimate of drug-likeness (QED) is 0.0567. The third kappa shape index (κ3) is 5.75. The molecule has 0 aromatic heterocycles. The summed E-state index contributed by atoms with van der Waals surface area (Å²) in [6.45, 7) is 7.11. The first kappa shape index (κ1) is 32.3. The van der Waals surface area contributed by atoms with Crippen LogP contribution in [0.1, 0.15) is 44.9 Å². The Bertz CT molecular complexity index is 2460. The van der Waals surface area contributed by atoms with Gasteiger partial charge in [0.15, 0.2) is 15.8 Å². The van der Waals surface area contributed by atoms with Crippen molar-refractivity contribution in [1.29, 1.82) is 10.9 Å². The Kier molecular flexibility index (Phi) is 8.51. The number of nitrogens with zero attached hydrogens (tertiary/aromatic N) is 5. The average Bonchev–Trinajstić information content (AvgIpc) is 3.03. The minimum Gasteiger partial charge on any atom is -0.508 e. The van der Waals surface area contributed by atoms with Crippen molar-refractivity contribution in [2.75, 3.05) is 0 Å². The molecule has 5 rings (SSSR count). The monoisotopic (exact) mass is 651 g/mol. The summed E-state index contributed by atoms with van der Waals surface area (Å²) in [5.41, 5.74) is 9.20. The van der Waals surface area contributed by atoms with Crippen molar-refractivity contribution in [2.45, 2.75) is 38.5 Å². The topological polar surface area (TPSA) is 207 Å². The molecule has 0 fully saturated rings. The molecule has 0 heterocycles. The van der Waals surface area contributed by atoms with E-state index in [0.717, 1.165) is 17.2 Å². The first-order valence-corrected chi connectivity index (χ1v) is 15.4. The highest BCUT2D eigenvalue weighted by atomic mass is 32.2. The molecular weight excluding hydrogens is 624 g/mol. The van der Waals surface area contributed by atoms with Crippen LogP contribution in [0.5, 0.6) is 17.2 Å². The second-order valence-electron chi connectivity index (χ2n) is 10.9. The Morgan fingerprint density at radius 2 is 1.38 bits per heavy atom. The molecule has 14 heteroatoms. The van der Waals surface area contributed by atoms with E-state index in [1.165, 1.54) is 18.2 Å². The fourth-order valence-corrected chi connectivity index (χ4v) is 6.82. The number of para-hydroxylation sites is 1. The maximum atomic E-state index is 14.1. The summed E-state index contributed by atoms with van der Waals surface area (Å²) < 4.78 is 34.1. The minimum atomic E-state index is -4.84. The third-order valence-electron chi connectivity index (χ3n) is 7.94. The summed E-state index contributed by atoms with van der Waals surface area (Å²) in [6.07, 6.45) is 0. The van der Waals surface area contributed by atoms with Crippen molar-refractivity contribution < 1.29 is 22.8 Å². The van der Waals surface area contributed by atoms with Crippen LogP contribution in [0.15, 0.2) is 96.6 Å². The van der Waals surface area contributed by atoms with Gasteiger partial charge in [-0.3, -0.25) is 9.59 Å². The lowest BCUT2D eigenvalue weighted by Gasteiger charge is -2.26. The molecule has 3 N–H and O–H groups in total. The van der Waals surface area contributed by atoms with Gasteiger partial charge in [-0.2, -0.15) is 13.9 Å². The first-order valence-electron chi connectivity index (χ1n) is 14.0. The van der Waals surface area contributed by atoms with Gasteiger partial charge in [0.05, 0.1) is 0 Å². The van der Waals surface area contributed by atoms with Crippen LogP contribution in [0.25, 0.3) is 15.9 Å². The number of diazo groups is 1. The molecule has 0 aliphatic rings. The van der Waals surface area contributed by atoms with Gasteiger partial charge in [-0.1, -0.05) is 47.7 Å². The number of hydrogen-bond donors (Lipinski definition) is 3. The van der Waals surface area contributed by atoms with Gasteiger partial charge >= 0.3 is 15.2 Å². The summed E-state index contributed by atoms with van der Waals surface area (Å²) >= 11 is 0. The van der Waals surface area contributed by atoms with Crippen LogP contribution in [-0.2, 0) is 10.1 Å². The molecule has 0 spiro atoms. The Hall–Kier alpha value is -6.07. The van der Waals surface area contributed by atoms with E-state index >= 15 is 0 Å². The number of nitrogens with one attached hydrogen (secondary N) is 1. The van der Waals surface area contributed by atoms with Crippen molar-refractivity contribution in [3.8, 4) is 17.2 Å². The van der Waals surface area contributed by atoms with Crippen molar-refractivity contribution in [1.82, 2.24) is 0 Å². The molecular formula is C33H27N6O7S+. The number of fused-ring (bicyclic) bond motifs is 1. The second kappa shape index (κ2) is 12.4. The normalized spacial score (nSPS) is 12.4. The summed E-state index contributed by atoms with van der Waals surface area (Å²) in [4.78, 5) is 25.1. The molecule has 47 heavy (non-hydrogen) atoms. The van der Waals surface area contributed by atoms with Crippen molar-refractivity contribution in [2.24, 2.45) is 15.4 Å². The van der Waals surface area contributed by atoms with E-state index < -0.39 is 47.9 Å². The second-order valence-corrected chi connectivity index (χ2v) is 12.4. The Balaban J connectivity index is 1.81. The van der Waals surface area contributed by atoms with Gasteiger partial charge in [0, 0.05) is 22.3 Å². The summed E-state index contributed by atoms with van der Waals surface area (Å²) in [6, 6.07) is 16.8. The van der Waals surface area contributed by atoms with Gasteiger partial charge in [-0.25, -0.2) is 0 Å². The van der Waals surface area contributed by atoms with Crippen LogP contribution in [0.2, 0.25) is 0 Å². The zero-order chi connectivity index (χ0) is 34.2. The molecule has 0 saturated heterocycles. The van der Waals surface area contributed by atoms with Crippen LogP contribution < -0.4 is 25.8 Å². The number of rotatable bonds is 7. The van der Waals surface area contributed by atoms with Gasteiger partial charge in [0.1, 0.15) is 22.1 Å². The van der Waals surface area contributed by atoms with Gasteiger partial charge in [0.25, 0.3) is 10.8 Å². The number of aromatic hydroxyl groups is 2. The molecule has 236 valence electrons. The van der Waals surface area contributed by atoms with E-state index in [1.54, 1.807) is 56.3 Å². The molecule has 0 radical (unpaired) electrons. The molecule has 5 aromatic rings. The van der Waals surface area contributed by atoms with Crippen molar-refractivity contribution in [3.05, 3.63) is 142 Å². The predicted octanol–water partition coefficient (Wildman–Crippen LogP) is 4.54. The van der Waals surface area contributed by atoms with Crippen LogP contribution in [0, 0.1) is 38.6 Å². The standard InChI is InChI=1S/C33H26N6O7S/c1-16-14-24(40)18(3)12-22(16)28(23-13-19(4)25(41)15-17(23)2)20-8-5-6-10-26(20)46-47(44,45)27-11-7-9-21-29(27)30(36-38-34)31(37-39-35)33(43)32(21)42/h5-15,28,35H,1-4H3,(H-,40,41)/p+1. The third-order valence-corrected chi connectivity index (χ3v) is 9.22. The Morgan fingerprint density at radius 3 is 1.96 bits per heavy atom. The van der Waals surface area contributed by atoms with Crippen molar-refractivity contribution in [3.63, 3.8) is 0 Å². The van der Waals surface area contributed by atoms with E-state index in [4.69, 9.17) is 9.71 Å². The fourth-order valence-electron chi connectivity index (χ4n) is 5.64. The molecule has 0 unspecified atom stereocenters. The number of phenolic OH excluding ortho intramolecular Hbond substituents is 2. The molecule has 0 amide bonds. The van der Waals surface area contributed by atoms with Crippen molar-refractivity contribution >= 4 is 20.9 Å². The fraction of sp³-hybridized carbons (Fsp3) is 0.152. The van der Waals surface area contributed by atoms with Crippen LogP contribution in [0.4, 0.5) is 0 Å². The van der Waals surface area contributed by atoms with Gasteiger partial charge in [0.2, 0.25) is 5.43 Å². The van der Waals surface area contributed by atoms with Crippen LogP contribution in [0.3, 0.4) is 0 Å². The van der Waals surface area contributed by atoms with E-state index in [0.29, 0.717) is 27.8 Å². The summed E-state index contributed by atoms with van der Waals surface area (Å²) in [5, 5.41) is 40.2. The highest BCUT2D eigenvalue weighted by molar-refractivity contribution is 7.87. The highest BCUT2D eigenvalue weighted by Crippen LogP contribution is 2.43. The van der Waals surface area contributed by atoms with Gasteiger partial charge < -0.3 is 14.4 Å². The number of hydrogen-bond acceptors (Lipinski definition) is 11. The Labute approximate surface area is 267 Å². The molecule has 13 nitrogen and oxygen atoms in total. The number of phenols is 2. The van der Waals surface area contributed by atoms with E-state index in [1.807, 2.05) is 13.8 Å². The molecule has 0 atom stereocenters. The number of benzene rings is 5. The first-order chi connectivity index (χ1) is 22.3. The number of aryl methyl sites for hydroxylation is 4. The zero-order valence-electron chi connectivity index (χ0n) is 25.5. The van der Waals surface area contributed by atoms with Gasteiger partial charge in [-0.15, -0.1) is 5.10 Å². The van der Waals surface area contributed by atoms with E-state index in [-0.39, 0.29) is 22.6 Å². The maximum Gasteiger partial charge on any atom is 0.339 e. The lowest BCUT2D eigenvalue weighted by atomic mass is 9.79. The largest absolute Gasteiger partial charge is 0.508 e. The lowest BCUT2D eigenvalue weighted by molar-refractivity contribution is 0.470. The van der Waals surface area contributed by atoms with Gasteiger partial charge in [-0.05, 0) is 85.3 Å². The van der Waals surface area contributed by atoms with E-state index in [9.17, 15) is 33.6 Å². The smallest absolute Gasteiger partial charge is 0.339 e. The SMILES string of the molecule is Cc1cc(C(c2cc(C)c(O)cc2C)c2ccccc2OS(=O)(=O)c2cccc3c(=O)c(=O)c(=NN=N)c(=N[N+]#N)c23)c(C)cc1O. The molecule has 0 saturated carbocycles. The lowest BCUT2D eigenvalue weighted by Crippen LogP contribution is -2.48. The average molecular weight is 652 g/mol. The highest BCUT2D eigenvalue weighted by Gasteiger charge is 2.30. The van der Waals surface area contributed by atoms with E-state index in [2.05, 4.69) is 20.5 Å². The molecule has 0 aliphatic carbocycles. The molecule has 0 bridgehead atoms. The molecule has 5 aromatic carbocycles. The summed E-state index contributed by atoms with van der Waals surface area (Å²) in [7, 11) is -4.84. The molecule has 0 aliphatic heterocycles.